The van der Waals surface area contributed by atoms with E-state index >= 15 is 0 Å². The van der Waals surface area contributed by atoms with Gasteiger partial charge in [0.2, 0.25) is 0 Å². The van der Waals surface area contributed by atoms with Crippen LogP contribution >= 0.6 is 0 Å². The fourth-order valence-electron chi connectivity index (χ4n) is 2.89. The zero-order valence-corrected chi connectivity index (χ0v) is 13.7. The van der Waals surface area contributed by atoms with E-state index in [4.69, 9.17) is 4.74 Å². The quantitative estimate of drug-likeness (QED) is 0.919. The van der Waals surface area contributed by atoms with E-state index in [0.29, 0.717) is 32.8 Å². The molecule has 1 aliphatic rings. The summed E-state index contributed by atoms with van der Waals surface area (Å²) >= 11 is 0. The van der Waals surface area contributed by atoms with Crippen LogP contribution in [0.4, 0.5) is 4.79 Å². The van der Waals surface area contributed by atoms with Gasteiger partial charge in [0.1, 0.15) is 0 Å². The second-order valence-corrected chi connectivity index (χ2v) is 5.92. The summed E-state index contributed by atoms with van der Waals surface area (Å²) in [7, 11) is 0. The second kappa shape index (κ2) is 8.45. The van der Waals surface area contributed by atoms with Crippen LogP contribution in [0.25, 0.3) is 0 Å². The fourth-order valence-corrected chi connectivity index (χ4v) is 2.89. The predicted octanol–water partition coefficient (Wildman–Crippen LogP) is 2.45. The maximum absolute atomic E-state index is 12.3. The molecule has 0 aliphatic carbocycles. The Morgan fingerprint density at radius 3 is 2.58 bits per heavy atom. The lowest BCUT2D eigenvalue weighted by atomic mass is 9.94. The minimum absolute atomic E-state index is 0.0137. The Morgan fingerprint density at radius 2 is 1.88 bits per heavy atom. The number of nitrogens with zero attached hydrogens (tertiary/aromatic N) is 2. The number of morpholine rings is 1. The maximum Gasteiger partial charge on any atom is 0.317 e. The zero-order valence-electron chi connectivity index (χ0n) is 13.7. The Kier molecular flexibility index (Phi) is 5.80. The molecule has 1 saturated heterocycles. The Bertz CT molecular complexity index is 628. The molecule has 0 spiro atoms. The van der Waals surface area contributed by atoms with E-state index in [1.807, 2.05) is 47.5 Å². The summed E-state index contributed by atoms with van der Waals surface area (Å²) < 4.78 is 5.29. The summed E-state index contributed by atoms with van der Waals surface area (Å²) in [6.45, 7) is 3.13. The lowest BCUT2D eigenvalue weighted by Crippen LogP contribution is -2.47. The van der Waals surface area contributed by atoms with E-state index in [9.17, 15) is 4.79 Å². The number of pyridine rings is 1. The van der Waals surface area contributed by atoms with Gasteiger partial charge < -0.3 is 15.0 Å². The summed E-state index contributed by atoms with van der Waals surface area (Å²) in [5.41, 5.74) is 2.25. The Balaban J connectivity index is 1.64. The van der Waals surface area contributed by atoms with Crippen molar-refractivity contribution in [3.05, 3.63) is 66.0 Å². The molecule has 126 valence electrons. The predicted molar refractivity (Wildman–Crippen MR) is 92.9 cm³/mol. The van der Waals surface area contributed by atoms with Gasteiger partial charge in [-0.1, -0.05) is 36.4 Å². The zero-order chi connectivity index (χ0) is 16.6. The molecule has 1 aromatic heterocycles. The first-order valence-corrected chi connectivity index (χ1v) is 8.38. The molecule has 1 N–H and O–H groups in total. The minimum atomic E-state index is -0.0137. The van der Waals surface area contributed by atoms with Crippen LogP contribution in [0.3, 0.4) is 0 Å². The van der Waals surface area contributed by atoms with E-state index in [1.165, 1.54) is 5.56 Å². The van der Waals surface area contributed by atoms with E-state index in [2.05, 4.69) is 22.4 Å². The third kappa shape index (κ3) is 4.55. The number of benzene rings is 1. The van der Waals surface area contributed by atoms with E-state index in [1.54, 1.807) is 0 Å². The van der Waals surface area contributed by atoms with Crippen LogP contribution in [0.5, 0.6) is 0 Å². The first-order chi connectivity index (χ1) is 11.8. The minimum Gasteiger partial charge on any atom is -0.378 e. The van der Waals surface area contributed by atoms with Crippen LogP contribution < -0.4 is 5.32 Å². The van der Waals surface area contributed by atoms with Crippen LogP contribution in [0.2, 0.25) is 0 Å². The SMILES string of the molecule is O=C(NCC(Cc1ccccn1)c1ccccc1)N1CCOCC1. The third-order valence-corrected chi connectivity index (χ3v) is 4.25. The van der Waals surface area contributed by atoms with E-state index in [0.717, 1.165) is 12.1 Å². The van der Waals surface area contributed by atoms with Crippen molar-refractivity contribution in [3.8, 4) is 0 Å². The maximum atomic E-state index is 12.3. The molecule has 5 nitrogen and oxygen atoms in total. The molecule has 3 rings (SSSR count). The van der Waals surface area contributed by atoms with Crippen LogP contribution in [0.15, 0.2) is 54.7 Å². The van der Waals surface area contributed by atoms with Gasteiger partial charge in [-0.25, -0.2) is 4.79 Å². The van der Waals surface area contributed by atoms with Gasteiger partial charge in [-0.15, -0.1) is 0 Å². The van der Waals surface area contributed by atoms with Gasteiger partial charge >= 0.3 is 6.03 Å². The largest absolute Gasteiger partial charge is 0.378 e. The van der Waals surface area contributed by atoms with Crippen molar-refractivity contribution >= 4 is 6.03 Å². The van der Waals surface area contributed by atoms with Crippen molar-refractivity contribution in [1.82, 2.24) is 15.2 Å². The lowest BCUT2D eigenvalue weighted by molar-refractivity contribution is 0.0531. The number of carbonyl (C=O) groups is 1. The highest BCUT2D eigenvalue weighted by atomic mass is 16.5. The molecule has 1 aromatic carbocycles. The third-order valence-electron chi connectivity index (χ3n) is 4.25. The van der Waals surface area contributed by atoms with Gasteiger partial charge in [0, 0.05) is 37.4 Å². The van der Waals surface area contributed by atoms with Crippen LogP contribution in [0, 0.1) is 0 Å². The summed E-state index contributed by atoms with van der Waals surface area (Å²) in [6, 6.07) is 16.2. The number of aromatic nitrogens is 1. The Hall–Kier alpha value is -2.40. The summed E-state index contributed by atoms with van der Waals surface area (Å²) in [4.78, 5) is 18.6. The molecule has 2 heterocycles. The standard InChI is InChI=1S/C19H23N3O2/c23-19(22-10-12-24-13-11-22)21-15-17(16-6-2-1-3-7-16)14-18-8-4-5-9-20-18/h1-9,17H,10-15H2,(H,21,23). The number of nitrogens with one attached hydrogen (secondary N) is 1. The second-order valence-electron chi connectivity index (χ2n) is 5.92. The highest BCUT2D eigenvalue weighted by Crippen LogP contribution is 2.19. The number of carbonyl (C=O) groups excluding carboxylic acids is 1. The number of rotatable bonds is 5. The molecule has 5 heteroatoms. The fraction of sp³-hybridized carbons (Fsp3) is 0.368. The number of amides is 2. The lowest BCUT2D eigenvalue weighted by Gasteiger charge is -2.28. The van der Waals surface area contributed by atoms with Crippen molar-refractivity contribution in [1.29, 1.82) is 0 Å². The van der Waals surface area contributed by atoms with Crippen molar-refractivity contribution < 1.29 is 9.53 Å². The molecule has 0 saturated carbocycles. The average molecular weight is 325 g/mol. The monoisotopic (exact) mass is 325 g/mol. The normalized spacial score (nSPS) is 15.8. The first kappa shape index (κ1) is 16.5. The molecular formula is C19H23N3O2. The number of hydrogen-bond donors (Lipinski definition) is 1. The topological polar surface area (TPSA) is 54.5 Å². The van der Waals surface area contributed by atoms with Gasteiger partial charge in [-0.3, -0.25) is 4.98 Å². The molecule has 1 aliphatic heterocycles. The number of ether oxygens (including phenoxy) is 1. The smallest absolute Gasteiger partial charge is 0.317 e. The Labute approximate surface area is 142 Å². The number of urea groups is 1. The molecule has 1 unspecified atom stereocenters. The molecule has 0 bridgehead atoms. The van der Waals surface area contributed by atoms with Crippen LogP contribution in [-0.2, 0) is 11.2 Å². The van der Waals surface area contributed by atoms with Gasteiger partial charge in [0.15, 0.2) is 0 Å². The summed E-state index contributed by atoms with van der Waals surface area (Å²) in [5, 5.41) is 3.07. The highest BCUT2D eigenvalue weighted by molar-refractivity contribution is 5.74. The molecule has 2 aromatic rings. The van der Waals surface area contributed by atoms with Gasteiger partial charge in [-0.2, -0.15) is 0 Å². The van der Waals surface area contributed by atoms with Crippen molar-refractivity contribution in [2.45, 2.75) is 12.3 Å². The molecule has 0 radical (unpaired) electrons. The van der Waals surface area contributed by atoms with Crippen molar-refractivity contribution in [3.63, 3.8) is 0 Å². The van der Waals surface area contributed by atoms with Gasteiger partial charge in [-0.05, 0) is 24.1 Å². The molecule has 2 amide bonds. The summed E-state index contributed by atoms with van der Waals surface area (Å²) in [6.07, 6.45) is 2.61. The van der Waals surface area contributed by atoms with E-state index in [-0.39, 0.29) is 11.9 Å². The summed E-state index contributed by atoms with van der Waals surface area (Å²) in [5.74, 6) is 0.200. The molecule has 24 heavy (non-hydrogen) atoms. The van der Waals surface area contributed by atoms with Crippen LogP contribution in [-0.4, -0.2) is 48.8 Å². The van der Waals surface area contributed by atoms with Gasteiger partial charge in [0.25, 0.3) is 0 Å². The van der Waals surface area contributed by atoms with Crippen LogP contribution in [0.1, 0.15) is 17.2 Å². The van der Waals surface area contributed by atoms with Gasteiger partial charge in [0.05, 0.1) is 13.2 Å². The molecule has 1 fully saturated rings. The average Bonchev–Trinajstić information content (AvgIpc) is 2.67. The molecular weight excluding hydrogens is 302 g/mol. The van der Waals surface area contributed by atoms with E-state index < -0.39 is 0 Å². The van der Waals surface area contributed by atoms with Crippen molar-refractivity contribution in [2.24, 2.45) is 0 Å². The van der Waals surface area contributed by atoms with Crippen molar-refractivity contribution in [2.75, 3.05) is 32.8 Å². The highest BCUT2D eigenvalue weighted by Gasteiger charge is 2.19. The Morgan fingerprint density at radius 1 is 1.12 bits per heavy atom. The first-order valence-electron chi connectivity index (χ1n) is 8.38. The number of hydrogen-bond acceptors (Lipinski definition) is 3. The molecule has 1 atom stereocenters.